The molecule has 0 aromatic heterocycles. The van der Waals surface area contributed by atoms with Gasteiger partial charge in [-0.3, -0.25) is 0 Å². The predicted molar refractivity (Wildman–Crippen MR) is 52.7 cm³/mol. The molecule has 0 amide bonds. The Hall–Kier alpha value is -1.28. The van der Waals surface area contributed by atoms with E-state index in [1.807, 2.05) is 24.3 Å². The molecule has 0 aliphatic rings. The predicted octanol–water partition coefficient (Wildman–Crippen LogP) is 2.52. The number of hydrogen-bond acceptors (Lipinski definition) is 1. The molecule has 2 nitrogen and oxygen atoms in total. The fourth-order valence-electron chi connectivity index (χ4n) is 0.885. The van der Waals surface area contributed by atoms with Crippen LogP contribution in [-0.2, 0) is 10.7 Å². The first-order chi connectivity index (χ1) is 6.22. The minimum Gasteiger partial charge on any atom is -0.478 e. The largest absolute Gasteiger partial charge is 0.478 e. The van der Waals surface area contributed by atoms with Crippen molar-refractivity contribution >= 4 is 23.6 Å². The Morgan fingerprint density at radius 1 is 1.38 bits per heavy atom. The molecule has 3 heteroatoms. The Kier molecular flexibility index (Phi) is 3.53. The molecule has 0 atom stereocenters. The van der Waals surface area contributed by atoms with E-state index < -0.39 is 5.97 Å². The average molecular weight is 197 g/mol. The number of benzene rings is 1. The first-order valence-corrected chi connectivity index (χ1v) is 4.32. The number of carbonyl (C=O) groups is 1. The maximum Gasteiger partial charge on any atom is 0.328 e. The van der Waals surface area contributed by atoms with Crippen molar-refractivity contribution in [2.24, 2.45) is 0 Å². The Balaban J connectivity index is 2.75. The van der Waals surface area contributed by atoms with Crippen molar-refractivity contribution in [2.45, 2.75) is 5.88 Å². The zero-order valence-corrected chi connectivity index (χ0v) is 7.66. The summed E-state index contributed by atoms with van der Waals surface area (Å²) in [6, 6.07) is 7.40. The van der Waals surface area contributed by atoms with Crippen molar-refractivity contribution in [3.8, 4) is 0 Å². The third-order valence-corrected chi connectivity index (χ3v) is 1.86. The first kappa shape index (κ1) is 9.81. The summed E-state index contributed by atoms with van der Waals surface area (Å²) in [6.07, 6.45) is 2.65. The van der Waals surface area contributed by atoms with E-state index in [0.29, 0.717) is 5.88 Å². The molecule has 0 saturated heterocycles. The fraction of sp³-hybridized carbons (Fsp3) is 0.100. The molecule has 0 aliphatic heterocycles. The Morgan fingerprint density at radius 3 is 2.46 bits per heavy atom. The fourth-order valence-corrected chi connectivity index (χ4v) is 1.06. The molecule has 1 aromatic rings. The topological polar surface area (TPSA) is 37.3 Å². The van der Waals surface area contributed by atoms with Crippen LogP contribution in [0.1, 0.15) is 11.1 Å². The Bertz CT molecular complexity index is 314. The third-order valence-electron chi connectivity index (χ3n) is 1.55. The normalized spacial score (nSPS) is 10.5. The molecule has 1 rings (SSSR count). The summed E-state index contributed by atoms with van der Waals surface area (Å²) in [5.74, 6) is -0.468. The van der Waals surface area contributed by atoms with Gasteiger partial charge in [-0.1, -0.05) is 24.3 Å². The van der Waals surface area contributed by atoms with Crippen LogP contribution in [0.3, 0.4) is 0 Å². The van der Waals surface area contributed by atoms with E-state index in [9.17, 15) is 4.79 Å². The lowest BCUT2D eigenvalue weighted by atomic mass is 10.1. The van der Waals surface area contributed by atoms with Crippen LogP contribution in [0, 0.1) is 0 Å². The third kappa shape index (κ3) is 3.30. The minimum atomic E-state index is -0.943. The molecule has 0 aliphatic carbocycles. The van der Waals surface area contributed by atoms with Gasteiger partial charge >= 0.3 is 5.97 Å². The highest BCUT2D eigenvalue weighted by molar-refractivity contribution is 6.17. The Morgan fingerprint density at radius 2 is 2.00 bits per heavy atom. The zero-order valence-electron chi connectivity index (χ0n) is 6.90. The number of alkyl halides is 1. The zero-order chi connectivity index (χ0) is 9.68. The van der Waals surface area contributed by atoms with Crippen LogP contribution in [0.5, 0.6) is 0 Å². The number of halogens is 1. The van der Waals surface area contributed by atoms with Gasteiger partial charge in [-0.05, 0) is 17.2 Å². The van der Waals surface area contributed by atoms with Crippen LogP contribution in [0.4, 0.5) is 0 Å². The van der Waals surface area contributed by atoms with Crippen molar-refractivity contribution in [2.75, 3.05) is 0 Å². The average Bonchev–Trinajstić information content (AvgIpc) is 2.15. The maximum atomic E-state index is 10.2. The minimum absolute atomic E-state index is 0.475. The van der Waals surface area contributed by atoms with Crippen molar-refractivity contribution in [3.63, 3.8) is 0 Å². The van der Waals surface area contributed by atoms with E-state index in [0.717, 1.165) is 17.2 Å². The quantitative estimate of drug-likeness (QED) is 0.596. The molecule has 0 radical (unpaired) electrons. The Labute approximate surface area is 81.5 Å². The van der Waals surface area contributed by atoms with Gasteiger partial charge in [0.1, 0.15) is 0 Å². The van der Waals surface area contributed by atoms with E-state index >= 15 is 0 Å². The van der Waals surface area contributed by atoms with Gasteiger partial charge in [0, 0.05) is 12.0 Å². The lowest BCUT2D eigenvalue weighted by Crippen LogP contribution is -1.85. The smallest absolute Gasteiger partial charge is 0.328 e. The molecular formula is C10H9ClO2. The lowest BCUT2D eigenvalue weighted by Gasteiger charge is -1.95. The highest BCUT2D eigenvalue weighted by Gasteiger charge is 1.91. The summed E-state index contributed by atoms with van der Waals surface area (Å²) in [4.78, 5) is 10.2. The number of carboxylic acid groups (broad SMARTS) is 1. The second kappa shape index (κ2) is 4.67. The number of rotatable bonds is 3. The van der Waals surface area contributed by atoms with Gasteiger partial charge < -0.3 is 5.11 Å². The number of aliphatic carboxylic acids is 1. The van der Waals surface area contributed by atoms with Crippen molar-refractivity contribution in [3.05, 3.63) is 41.5 Å². The summed E-state index contributed by atoms with van der Waals surface area (Å²) in [7, 11) is 0. The van der Waals surface area contributed by atoms with Gasteiger partial charge in [0.15, 0.2) is 0 Å². The monoisotopic (exact) mass is 196 g/mol. The maximum absolute atomic E-state index is 10.2. The summed E-state index contributed by atoms with van der Waals surface area (Å²) < 4.78 is 0. The van der Waals surface area contributed by atoms with E-state index in [1.165, 1.54) is 0 Å². The van der Waals surface area contributed by atoms with Crippen LogP contribution in [0.15, 0.2) is 30.3 Å². The molecule has 0 fully saturated rings. The van der Waals surface area contributed by atoms with Gasteiger partial charge in [-0.15, -0.1) is 11.6 Å². The second-order valence-electron chi connectivity index (χ2n) is 2.55. The molecule has 13 heavy (non-hydrogen) atoms. The van der Waals surface area contributed by atoms with E-state index in [4.69, 9.17) is 16.7 Å². The second-order valence-corrected chi connectivity index (χ2v) is 2.81. The molecule has 1 aromatic carbocycles. The molecule has 0 saturated carbocycles. The highest BCUT2D eigenvalue weighted by atomic mass is 35.5. The molecule has 0 spiro atoms. The summed E-state index contributed by atoms with van der Waals surface area (Å²) >= 11 is 5.59. The lowest BCUT2D eigenvalue weighted by molar-refractivity contribution is -0.131. The van der Waals surface area contributed by atoms with Crippen LogP contribution in [0.2, 0.25) is 0 Å². The van der Waals surface area contributed by atoms with E-state index in [1.54, 1.807) is 6.08 Å². The molecule has 68 valence electrons. The van der Waals surface area contributed by atoms with Gasteiger partial charge in [-0.2, -0.15) is 0 Å². The van der Waals surface area contributed by atoms with Crippen molar-refractivity contribution < 1.29 is 9.90 Å². The molecule has 0 heterocycles. The SMILES string of the molecule is O=C(O)/C=C/c1ccc(CCl)cc1. The van der Waals surface area contributed by atoms with Crippen LogP contribution in [-0.4, -0.2) is 11.1 Å². The van der Waals surface area contributed by atoms with Gasteiger partial charge in [0.25, 0.3) is 0 Å². The standard InChI is InChI=1S/C10H9ClO2/c11-7-9-3-1-8(2-4-9)5-6-10(12)13/h1-6H,7H2,(H,12,13)/b6-5+. The number of hydrogen-bond donors (Lipinski definition) is 1. The number of carboxylic acids is 1. The van der Waals surface area contributed by atoms with E-state index in [2.05, 4.69) is 0 Å². The summed E-state index contributed by atoms with van der Waals surface area (Å²) in [6.45, 7) is 0. The highest BCUT2D eigenvalue weighted by Crippen LogP contribution is 2.07. The van der Waals surface area contributed by atoms with Crippen molar-refractivity contribution in [1.82, 2.24) is 0 Å². The van der Waals surface area contributed by atoms with E-state index in [-0.39, 0.29) is 0 Å². The van der Waals surface area contributed by atoms with Crippen molar-refractivity contribution in [1.29, 1.82) is 0 Å². The van der Waals surface area contributed by atoms with Gasteiger partial charge in [-0.25, -0.2) is 4.79 Å². The van der Waals surface area contributed by atoms with Crippen LogP contribution < -0.4 is 0 Å². The van der Waals surface area contributed by atoms with Gasteiger partial charge in [0.2, 0.25) is 0 Å². The molecule has 0 unspecified atom stereocenters. The van der Waals surface area contributed by atoms with Gasteiger partial charge in [0.05, 0.1) is 0 Å². The first-order valence-electron chi connectivity index (χ1n) is 3.78. The summed E-state index contributed by atoms with van der Waals surface area (Å²) in [5.41, 5.74) is 1.88. The van der Waals surface area contributed by atoms with Crippen LogP contribution >= 0.6 is 11.6 Å². The molecule has 1 N–H and O–H groups in total. The molecular weight excluding hydrogens is 188 g/mol. The van der Waals surface area contributed by atoms with Crippen LogP contribution in [0.25, 0.3) is 6.08 Å². The summed E-state index contributed by atoms with van der Waals surface area (Å²) in [5, 5.41) is 8.37. The molecule has 0 bridgehead atoms.